The summed E-state index contributed by atoms with van der Waals surface area (Å²) in [6.07, 6.45) is 0.717. The van der Waals surface area contributed by atoms with Gasteiger partial charge in [-0.1, -0.05) is 24.8 Å². The van der Waals surface area contributed by atoms with Crippen LogP contribution in [0.1, 0.15) is 0 Å². The van der Waals surface area contributed by atoms with E-state index in [1.807, 2.05) is 18.2 Å². The summed E-state index contributed by atoms with van der Waals surface area (Å²) in [4.78, 5) is 10.4. The van der Waals surface area contributed by atoms with Gasteiger partial charge in [0.15, 0.2) is 0 Å². The fraction of sp³-hybridized carbons (Fsp3) is 0.100. The lowest BCUT2D eigenvalue weighted by Crippen LogP contribution is -2.25. The molecule has 1 atom stereocenters. The molecule has 0 amide bonds. The molecule has 0 saturated heterocycles. The molecule has 0 N–H and O–H groups in total. The van der Waals surface area contributed by atoms with Crippen LogP contribution in [0.15, 0.2) is 42.3 Å². The van der Waals surface area contributed by atoms with Crippen LogP contribution in [0.4, 0.5) is 5.69 Å². The Kier molecular flexibility index (Phi) is 4.07. The van der Waals surface area contributed by atoms with E-state index in [-0.39, 0.29) is 6.54 Å². The third kappa shape index (κ3) is 2.53. The van der Waals surface area contributed by atoms with Gasteiger partial charge in [-0.3, -0.25) is 4.31 Å². The van der Waals surface area contributed by atoms with E-state index in [2.05, 4.69) is 6.58 Å². The first-order valence-corrected chi connectivity index (χ1v) is 5.26. The minimum atomic E-state index is -1.35. The van der Waals surface area contributed by atoms with Crippen molar-refractivity contribution in [3.63, 3.8) is 0 Å². The standard InChI is InChI=1S/C10H11NO2S/c1-2-14(13)11(8-9-12)10-6-4-3-5-7-10/h2-7,9H,1,8H2. The third-order valence-electron chi connectivity index (χ3n) is 1.64. The van der Waals surface area contributed by atoms with Crippen LogP contribution >= 0.6 is 0 Å². The van der Waals surface area contributed by atoms with Gasteiger partial charge < -0.3 is 4.79 Å². The Labute approximate surface area is 85.6 Å². The van der Waals surface area contributed by atoms with Crippen molar-refractivity contribution in [1.29, 1.82) is 0 Å². The van der Waals surface area contributed by atoms with Gasteiger partial charge in [-0.25, -0.2) is 4.21 Å². The van der Waals surface area contributed by atoms with Gasteiger partial charge in [0.05, 0.1) is 12.2 Å². The molecule has 0 aromatic heterocycles. The van der Waals surface area contributed by atoms with Gasteiger partial charge >= 0.3 is 0 Å². The highest BCUT2D eigenvalue weighted by Gasteiger charge is 2.09. The highest BCUT2D eigenvalue weighted by Crippen LogP contribution is 2.14. The second-order valence-electron chi connectivity index (χ2n) is 2.51. The molecule has 1 rings (SSSR count). The molecule has 0 radical (unpaired) electrons. The monoisotopic (exact) mass is 209 g/mol. The molecule has 4 heteroatoms. The molecule has 74 valence electrons. The number of para-hydroxylation sites is 1. The van der Waals surface area contributed by atoms with E-state index in [0.29, 0.717) is 6.29 Å². The number of anilines is 1. The summed E-state index contributed by atoms with van der Waals surface area (Å²) in [5, 5.41) is 1.30. The van der Waals surface area contributed by atoms with Crippen molar-refractivity contribution < 1.29 is 9.00 Å². The van der Waals surface area contributed by atoms with Crippen molar-refractivity contribution in [2.24, 2.45) is 0 Å². The van der Waals surface area contributed by atoms with Gasteiger partial charge in [-0.2, -0.15) is 0 Å². The van der Waals surface area contributed by atoms with Gasteiger partial charge in [-0.15, -0.1) is 0 Å². The third-order valence-corrected chi connectivity index (χ3v) is 2.72. The van der Waals surface area contributed by atoms with Crippen molar-refractivity contribution in [2.75, 3.05) is 10.8 Å². The van der Waals surface area contributed by atoms with Gasteiger partial charge in [-0.05, 0) is 12.1 Å². The first kappa shape index (κ1) is 10.7. The smallest absolute Gasteiger partial charge is 0.145 e. The maximum atomic E-state index is 11.5. The van der Waals surface area contributed by atoms with Gasteiger partial charge in [0.2, 0.25) is 0 Å². The van der Waals surface area contributed by atoms with E-state index in [9.17, 15) is 9.00 Å². The minimum Gasteiger partial charge on any atom is -0.301 e. The number of aldehydes is 1. The lowest BCUT2D eigenvalue weighted by molar-refractivity contribution is -0.106. The normalized spacial score (nSPS) is 11.7. The Morgan fingerprint density at radius 1 is 1.36 bits per heavy atom. The Hall–Kier alpha value is -1.42. The summed E-state index contributed by atoms with van der Waals surface area (Å²) in [5.41, 5.74) is 0.748. The van der Waals surface area contributed by atoms with Crippen LogP contribution in [0, 0.1) is 0 Å². The van der Waals surface area contributed by atoms with E-state index in [4.69, 9.17) is 0 Å². The van der Waals surface area contributed by atoms with Crippen LogP contribution < -0.4 is 4.31 Å². The average molecular weight is 209 g/mol. The molecule has 1 aromatic carbocycles. The quantitative estimate of drug-likeness (QED) is 0.689. The summed E-state index contributed by atoms with van der Waals surface area (Å²) >= 11 is 0. The van der Waals surface area contributed by atoms with E-state index in [1.165, 1.54) is 9.71 Å². The highest BCUT2D eigenvalue weighted by molar-refractivity contribution is 7.89. The number of benzene rings is 1. The van der Waals surface area contributed by atoms with Crippen molar-refractivity contribution in [2.45, 2.75) is 0 Å². The van der Waals surface area contributed by atoms with Gasteiger partial charge in [0, 0.05) is 5.41 Å². The maximum absolute atomic E-state index is 11.5. The van der Waals surface area contributed by atoms with Gasteiger partial charge in [0.25, 0.3) is 0 Å². The van der Waals surface area contributed by atoms with Crippen LogP contribution in [0.5, 0.6) is 0 Å². The largest absolute Gasteiger partial charge is 0.301 e. The van der Waals surface area contributed by atoms with E-state index in [1.54, 1.807) is 12.1 Å². The molecule has 0 aliphatic rings. The molecule has 0 bridgehead atoms. The van der Waals surface area contributed by atoms with Crippen LogP contribution in [-0.4, -0.2) is 17.0 Å². The first-order chi connectivity index (χ1) is 6.79. The molecule has 0 saturated carbocycles. The molecule has 0 aliphatic carbocycles. The lowest BCUT2D eigenvalue weighted by atomic mass is 10.3. The number of hydrogen-bond donors (Lipinski definition) is 0. The summed E-state index contributed by atoms with van der Waals surface area (Å²) < 4.78 is 12.9. The van der Waals surface area contributed by atoms with Crippen molar-refractivity contribution in [3.8, 4) is 0 Å². The molecule has 3 nitrogen and oxygen atoms in total. The second kappa shape index (κ2) is 5.34. The van der Waals surface area contributed by atoms with E-state index in [0.717, 1.165) is 5.69 Å². The molecule has 1 unspecified atom stereocenters. The fourth-order valence-corrected chi connectivity index (χ4v) is 1.75. The number of hydrogen-bond acceptors (Lipinski definition) is 2. The Balaban J connectivity index is 2.93. The van der Waals surface area contributed by atoms with Crippen LogP contribution in [0.2, 0.25) is 0 Å². The zero-order valence-electron chi connectivity index (χ0n) is 7.63. The zero-order valence-corrected chi connectivity index (χ0v) is 8.44. The second-order valence-corrected chi connectivity index (χ2v) is 3.83. The minimum absolute atomic E-state index is 0.0998. The summed E-state index contributed by atoms with van der Waals surface area (Å²) in [6.45, 7) is 3.53. The molecule has 0 fully saturated rings. The molecular formula is C10H11NO2S. The molecule has 0 aliphatic heterocycles. The van der Waals surface area contributed by atoms with Crippen molar-refractivity contribution in [3.05, 3.63) is 42.3 Å². The summed E-state index contributed by atoms with van der Waals surface area (Å²) in [7, 11) is -1.35. The predicted molar refractivity (Wildman–Crippen MR) is 58.2 cm³/mol. The molecule has 0 heterocycles. The zero-order chi connectivity index (χ0) is 10.4. The summed E-state index contributed by atoms with van der Waals surface area (Å²) in [6, 6.07) is 9.11. The Morgan fingerprint density at radius 2 is 2.00 bits per heavy atom. The number of carbonyl (C=O) groups excluding carboxylic acids is 1. The number of nitrogens with zero attached hydrogens (tertiary/aromatic N) is 1. The number of carbonyl (C=O) groups is 1. The topological polar surface area (TPSA) is 37.4 Å². The molecule has 1 aromatic rings. The van der Waals surface area contributed by atoms with Crippen molar-refractivity contribution >= 4 is 23.0 Å². The van der Waals surface area contributed by atoms with Crippen LogP contribution in [0.25, 0.3) is 0 Å². The van der Waals surface area contributed by atoms with E-state index >= 15 is 0 Å². The average Bonchev–Trinajstić information content (AvgIpc) is 2.26. The van der Waals surface area contributed by atoms with E-state index < -0.39 is 11.0 Å². The lowest BCUT2D eigenvalue weighted by Gasteiger charge is -2.18. The Bertz CT molecular complexity index is 337. The maximum Gasteiger partial charge on any atom is 0.145 e. The SMILES string of the molecule is C=CS(=O)N(CC=O)c1ccccc1. The molecule has 14 heavy (non-hydrogen) atoms. The highest BCUT2D eigenvalue weighted by atomic mass is 32.2. The Morgan fingerprint density at radius 3 is 2.50 bits per heavy atom. The van der Waals surface area contributed by atoms with Crippen LogP contribution in [0.3, 0.4) is 0 Å². The van der Waals surface area contributed by atoms with Crippen molar-refractivity contribution in [1.82, 2.24) is 0 Å². The van der Waals surface area contributed by atoms with Crippen LogP contribution in [-0.2, 0) is 15.8 Å². The molecular weight excluding hydrogens is 198 g/mol. The predicted octanol–water partition coefficient (Wildman–Crippen LogP) is 1.50. The molecule has 0 spiro atoms. The fourth-order valence-electron chi connectivity index (χ4n) is 1.03. The summed E-state index contributed by atoms with van der Waals surface area (Å²) in [5.74, 6) is 0. The number of rotatable bonds is 5. The first-order valence-electron chi connectivity index (χ1n) is 4.09. The van der Waals surface area contributed by atoms with Gasteiger partial charge in [0.1, 0.15) is 17.3 Å².